The van der Waals surface area contributed by atoms with Crippen LogP contribution >= 0.6 is 0 Å². The van der Waals surface area contributed by atoms with E-state index < -0.39 is 5.97 Å². The number of aryl methyl sites for hydroxylation is 1. The van der Waals surface area contributed by atoms with Gasteiger partial charge >= 0.3 is 5.97 Å². The van der Waals surface area contributed by atoms with Gasteiger partial charge in [0.2, 0.25) is 5.76 Å². The van der Waals surface area contributed by atoms with E-state index >= 15 is 0 Å². The van der Waals surface area contributed by atoms with Gasteiger partial charge in [-0.05, 0) is 26.3 Å². The Labute approximate surface area is 114 Å². The van der Waals surface area contributed by atoms with E-state index in [2.05, 4.69) is 18.7 Å². The lowest BCUT2D eigenvalue weighted by Gasteiger charge is -2.27. The van der Waals surface area contributed by atoms with Gasteiger partial charge in [0, 0.05) is 31.8 Å². The topological polar surface area (TPSA) is 62.9 Å². The van der Waals surface area contributed by atoms with Crippen LogP contribution in [-0.2, 0) is 11.3 Å². The van der Waals surface area contributed by atoms with Crippen LogP contribution in [-0.4, -0.2) is 42.3 Å². The molecule has 1 aromatic rings. The van der Waals surface area contributed by atoms with Crippen molar-refractivity contribution in [3.63, 3.8) is 0 Å². The lowest BCUT2D eigenvalue weighted by atomic mass is 10.1. The molecule has 0 saturated heterocycles. The van der Waals surface area contributed by atoms with Crippen molar-refractivity contribution in [2.24, 2.45) is 0 Å². The summed E-state index contributed by atoms with van der Waals surface area (Å²) in [5.41, 5.74) is 0.925. The molecule has 0 bridgehead atoms. The van der Waals surface area contributed by atoms with Crippen LogP contribution in [0.1, 0.15) is 42.1 Å². The van der Waals surface area contributed by atoms with E-state index in [-0.39, 0.29) is 5.76 Å². The van der Waals surface area contributed by atoms with Gasteiger partial charge in [-0.25, -0.2) is 4.79 Å². The molecule has 0 saturated carbocycles. The fourth-order valence-electron chi connectivity index (χ4n) is 1.92. The first-order valence-corrected chi connectivity index (χ1v) is 6.55. The molecule has 108 valence electrons. The molecule has 5 nitrogen and oxygen atoms in total. The standard InChI is InChI=1S/C14H23NO4/c1-5-10(2)15(6-7-18-4)9-12-8-13(14(16)17)19-11(12)3/h8,10H,5-7,9H2,1-4H3,(H,16,17). The fourth-order valence-corrected chi connectivity index (χ4v) is 1.92. The van der Waals surface area contributed by atoms with Crippen LogP contribution in [0.15, 0.2) is 10.5 Å². The molecule has 1 aromatic heterocycles. The van der Waals surface area contributed by atoms with Gasteiger partial charge in [0.25, 0.3) is 0 Å². The maximum atomic E-state index is 10.9. The third-order valence-corrected chi connectivity index (χ3v) is 3.40. The smallest absolute Gasteiger partial charge is 0.371 e. The summed E-state index contributed by atoms with van der Waals surface area (Å²) < 4.78 is 10.4. The molecule has 0 aliphatic heterocycles. The zero-order chi connectivity index (χ0) is 14.4. The van der Waals surface area contributed by atoms with Crippen LogP contribution < -0.4 is 0 Å². The Morgan fingerprint density at radius 1 is 1.58 bits per heavy atom. The number of hydrogen-bond donors (Lipinski definition) is 1. The molecule has 0 spiro atoms. The highest BCUT2D eigenvalue weighted by Crippen LogP contribution is 2.18. The molecule has 19 heavy (non-hydrogen) atoms. The highest BCUT2D eigenvalue weighted by atomic mass is 16.5. The molecular formula is C14H23NO4. The SMILES string of the molecule is CCC(C)N(CCOC)Cc1cc(C(=O)O)oc1C. The van der Waals surface area contributed by atoms with Crippen molar-refractivity contribution >= 4 is 5.97 Å². The quantitative estimate of drug-likeness (QED) is 0.785. The molecule has 5 heteroatoms. The van der Waals surface area contributed by atoms with Crippen molar-refractivity contribution < 1.29 is 19.1 Å². The fraction of sp³-hybridized carbons (Fsp3) is 0.643. The maximum Gasteiger partial charge on any atom is 0.371 e. The predicted molar refractivity (Wildman–Crippen MR) is 72.4 cm³/mol. The number of nitrogens with zero attached hydrogens (tertiary/aromatic N) is 1. The molecule has 1 heterocycles. The Morgan fingerprint density at radius 2 is 2.26 bits per heavy atom. The molecule has 0 amide bonds. The first kappa shape index (κ1) is 15.7. The van der Waals surface area contributed by atoms with Crippen molar-refractivity contribution in [3.8, 4) is 0 Å². The summed E-state index contributed by atoms with van der Waals surface area (Å²) >= 11 is 0. The van der Waals surface area contributed by atoms with E-state index in [9.17, 15) is 4.79 Å². The van der Waals surface area contributed by atoms with E-state index in [1.54, 1.807) is 20.1 Å². The van der Waals surface area contributed by atoms with Crippen LogP contribution in [0.2, 0.25) is 0 Å². The predicted octanol–water partition coefficient (Wildman–Crippen LogP) is 2.53. The third-order valence-electron chi connectivity index (χ3n) is 3.40. The lowest BCUT2D eigenvalue weighted by molar-refractivity contribution is 0.0661. The van der Waals surface area contributed by atoms with Crippen molar-refractivity contribution in [1.29, 1.82) is 0 Å². The van der Waals surface area contributed by atoms with Crippen LogP contribution in [0.3, 0.4) is 0 Å². The Bertz CT molecular complexity index is 414. The first-order valence-electron chi connectivity index (χ1n) is 6.55. The number of aromatic carboxylic acids is 1. The molecule has 0 fully saturated rings. The number of carboxylic acids is 1. The van der Waals surface area contributed by atoms with Gasteiger partial charge in [-0.3, -0.25) is 4.90 Å². The first-order chi connectivity index (χ1) is 8.99. The maximum absolute atomic E-state index is 10.9. The minimum atomic E-state index is -1.03. The molecule has 1 atom stereocenters. The number of furan rings is 1. The minimum absolute atomic E-state index is 0.00310. The second-order valence-electron chi connectivity index (χ2n) is 4.72. The molecule has 0 radical (unpaired) electrons. The van der Waals surface area contributed by atoms with Gasteiger partial charge in [0.15, 0.2) is 0 Å². The van der Waals surface area contributed by atoms with Gasteiger partial charge in [-0.2, -0.15) is 0 Å². The number of methoxy groups -OCH3 is 1. The Balaban J connectivity index is 2.80. The zero-order valence-corrected chi connectivity index (χ0v) is 12.1. The molecule has 0 aromatic carbocycles. The number of ether oxygens (including phenoxy) is 1. The van der Waals surface area contributed by atoms with Gasteiger partial charge in [-0.15, -0.1) is 0 Å². The minimum Gasteiger partial charge on any atom is -0.475 e. The number of hydrogen-bond acceptors (Lipinski definition) is 4. The highest BCUT2D eigenvalue weighted by molar-refractivity contribution is 5.84. The summed E-state index contributed by atoms with van der Waals surface area (Å²) in [4.78, 5) is 13.2. The summed E-state index contributed by atoms with van der Waals surface area (Å²) in [6, 6.07) is 2.03. The molecule has 1 unspecified atom stereocenters. The molecule has 0 aliphatic carbocycles. The monoisotopic (exact) mass is 269 g/mol. The molecular weight excluding hydrogens is 246 g/mol. The molecule has 0 aliphatic rings. The average Bonchev–Trinajstić information content (AvgIpc) is 2.75. The Hall–Kier alpha value is -1.33. The summed E-state index contributed by atoms with van der Waals surface area (Å²) in [7, 11) is 1.68. The van der Waals surface area contributed by atoms with Crippen molar-refractivity contribution in [2.45, 2.75) is 39.8 Å². The van der Waals surface area contributed by atoms with E-state index in [1.807, 2.05) is 0 Å². The second-order valence-corrected chi connectivity index (χ2v) is 4.72. The lowest BCUT2D eigenvalue weighted by Crippen LogP contribution is -2.34. The average molecular weight is 269 g/mol. The van der Waals surface area contributed by atoms with E-state index in [1.165, 1.54) is 0 Å². The Kier molecular flexibility index (Phi) is 6.05. The number of carboxylic acid groups (broad SMARTS) is 1. The summed E-state index contributed by atoms with van der Waals surface area (Å²) in [5, 5.41) is 8.93. The third kappa shape index (κ3) is 4.36. The van der Waals surface area contributed by atoms with Gasteiger partial charge in [0.05, 0.1) is 6.61 Å². The largest absolute Gasteiger partial charge is 0.475 e. The van der Waals surface area contributed by atoms with E-state index in [0.29, 0.717) is 25.0 Å². The summed E-state index contributed by atoms with van der Waals surface area (Å²) in [5.74, 6) is -0.354. The van der Waals surface area contributed by atoms with Crippen LogP contribution in [0.5, 0.6) is 0 Å². The van der Waals surface area contributed by atoms with Crippen molar-refractivity contribution in [3.05, 3.63) is 23.2 Å². The van der Waals surface area contributed by atoms with Crippen molar-refractivity contribution in [2.75, 3.05) is 20.3 Å². The highest BCUT2D eigenvalue weighted by Gasteiger charge is 2.18. The number of rotatable bonds is 8. The van der Waals surface area contributed by atoms with Crippen LogP contribution in [0.4, 0.5) is 0 Å². The zero-order valence-electron chi connectivity index (χ0n) is 12.1. The van der Waals surface area contributed by atoms with Crippen molar-refractivity contribution in [1.82, 2.24) is 4.90 Å². The molecule has 1 N–H and O–H groups in total. The summed E-state index contributed by atoms with van der Waals surface area (Å²) in [6.07, 6.45) is 1.03. The van der Waals surface area contributed by atoms with Gasteiger partial charge < -0.3 is 14.3 Å². The summed E-state index contributed by atoms with van der Waals surface area (Å²) in [6.45, 7) is 8.25. The van der Waals surface area contributed by atoms with E-state index in [0.717, 1.165) is 18.5 Å². The van der Waals surface area contributed by atoms with Gasteiger partial charge in [-0.1, -0.05) is 6.92 Å². The van der Waals surface area contributed by atoms with E-state index in [4.69, 9.17) is 14.3 Å². The normalized spacial score (nSPS) is 12.9. The second kappa shape index (κ2) is 7.31. The molecule has 1 rings (SSSR count). The van der Waals surface area contributed by atoms with Crippen LogP contribution in [0, 0.1) is 6.92 Å². The Morgan fingerprint density at radius 3 is 2.74 bits per heavy atom. The number of carbonyl (C=O) groups is 1. The van der Waals surface area contributed by atoms with Crippen LogP contribution in [0.25, 0.3) is 0 Å². The van der Waals surface area contributed by atoms with Gasteiger partial charge in [0.1, 0.15) is 5.76 Å².